The molecule has 0 spiro atoms. The maximum absolute atomic E-state index is 6.32. The molecular weight excluding hydrogens is 432 g/mol. The van der Waals surface area contributed by atoms with Gasteiger partial charge in [-0.3, -0.25) is 0 Å². The third-order valence-electron chi connectivity index (χ3n) is 6.96. The predicted molar refractivity (Wildman–Crippen MR) is 144 cm³/mol. The average molecular weight is 463 g/mol. The van der Waals surface area contributed by atoms with Gasteiger partial charge in [0.05, 0.1) is 11.1 Å². The molecule has 3 heterocycles. The monoisotopic (exact) mass is 462 g/mol. The Bertz CT molecular complexity index is 1750. The number of furan rings is 2. The molecule has 0 bridgehead atoms. The van der Waals surface area contributed by atoms with Crippen LogP contribution in [0.4, 0.5) is 0 Å². The first kappa shape index (κ1) is 21.8. The summed E-state index contributed by atoms with van der Waals surface area (Å²) in [6.45, 7) is 13.3. The minimum atomic E-state index is -0.00903. The molecule has 0 aliphatic carbocycles. The van der Waals surface area contributed by atoms with Gasteiger partial charge >= 0.3 is 0 Å². The van der Waals surface area contributed by atoms with Crippen LogP contribution in [0.25, 0.3) is 55.1 Å². The Morgan fingerprint density at radius 1 is 0.857 bits per heavy atom. The molecule has 4 heteroatoms. The van der Waals surface area contributed by atoms with Crippen LogP contribution in [0.1, 0.15) is 51.5 Å². The number of fused-ring (bicyclic) bond motifs is 5. The summed E-state index contributed by atoms with van der Waals surface area (Å²) in [6.07, 6.45) is 2.52. The molecule has 4 nitrogen and oxygen atoms in total. The number of aryl methyl sites for hydroxylation is 1. The normalized spacial score (nSPS) is 12.7. The van der Waals surface area contributed by atoms with Crippen molar-refractivity contribution < 1.29 is 8.83 Å². The zero-order valence-electron chi connectivity index (χ0n) is 21.2. The summed E-state index contributed by atoms with van der Waals surface area (Å²) in [5, 5.41) is 5.49. The lowest BCUT2D eigenvalue weighted by molar-refractivity contribution is 0.496. The van der Waals surface area contributed by atoms with Gasteiger partial charge in [-0.1, -0.05) is 58.9 Å². The minimum absolute atomic E-state index is 0.00903. The van der Waals surface area contributed by atoms with E-state index in [0.29, 0.717) is 11.6 Å². The topological polar surface area (TPSA) is 52.1 Å². The number of rotatable bonds is 3. The van der Waals surface area contributed by atoms with Gasteiger partial charge in [0.15, 0.2) is 0 Å². The molecule has 0 atom stereocenters. The van der Waals surface area contributed by atoms with E-state index in [9.17, 15) is 0 Å². The van der Waals surface area contributed by atoms with E-state index in [1.54, 1.807) is 6.33 Å². The van der Waals surface area contributed by atoms with Crippen molar-refractivity contribution in [1.29, 1.82) is 0 Å². The van der Waals surface area contributed by atoms with Crippen LogP contribution in [0.3, 0.4) is 0 Å². The van der Waals surface area contributed by atoms with Gasteiger partial charge in [-0.25, -0.2) is 9.97 Å². The summed E-state index contributed by atoms with van der Waals surface area (Å²) in [5.41, 5.74) is 6.73. The molecule has 0 N–H and O–H groups in total. The van der Waals surface area contributed by atoms with Crippen LogP contribution in [0.15, 0.2) is 63.7 Å². The predicted octanol–water partition coefficient (Wildman–Crippen LogP) is 8.75. The van der Waals surface area contributed by atoms with E-state index in [1.165, 1.54) is 21.9 Å². The van der Waals surface area contributed by atoms with Gasteiger partial charge in [-0.15, -0.1) is 0 Å². The molecule has 0 saturated heterocycles. The van der Waals surface area contributed by atoms with Crippen molar-refractivity contribution in [3.63, 3.8) is 0 Å². The van der Waals surface area contributed by atoms with Crippen molar-refractivity contribution in [3.05, 3.63) is 71.7 Å². The molecule has 6 rings (SSSR count). The van der Waals surface area contributed by atoms with E-state index in [1.807, 2.05) is 0 Å². The van der Waals surface area contributed by atoms with Gasteiger partial charge in [0, 0.05) is 22.8 Å². The van der Waals surface area contributed by atoms with Crippen LogP contribution in [-0.2, 0) is 11.8 Å². The lowest BCUT2D eigenvalue weighted by Gasteiger charge is -2.22. The maximum atomic E-state index is 6.32. The quantitative estimate of drug-likeness (QED) is 0.264. The van der Waals surface area contributed by atoms with Crippen LogP contribution >= 0.6 is 0 Å². The lowest BCUT2D eigenvalue weighted by atomic mass is 9.82. The number of aromatic nitrogens is 2. The third kappa shape index (κ3) is 3.51. The largest absolute Gasteiger partial charge is 0.461 e. The van der Waals surface area contributed by atoms with Crippen molar-refractivity contribution in [2.24, 2.45) is 5.92 Å². The molecule has 6 aromatic rings. The molecule has 0 amide bonds. The second kappa shape index (κ2) is 7.67. The summed E-state index contributed by atoms with van der Waals surface area (Å²) < 4.78 is 12.6. The van der Waals surface area contributed by atoms with Gasteiger partial charge in [0.1, 0.15) is 23.3 Å². The number of nitrogens with zero attached hydrogens (tertiary/aromatic N) is 2. The zero-order valence-corrected chi connectivity index (χ0v) is 21.2. The highest BCUT2D eigenvalue weighted by atomic mass is 16.3. The van der Waals surface area contributed by atoms with Gasteiger partial charge in [-0.05, 0) is 64.4 Å². The Morgan fingerprint density at radius 2 is 1.60 bits per heavy atom. The molecule has 3 aromatic heterocycles. The van der Waals surface area contributed by atoms with Crippen molar-refractivity contribution in [3.8, 4) is 11.3 Å². The summed E-state index contributed by atoms with van der Waals surface area (Å²) in [5.74, 6) is 1.58. The molecule has 0 saturated carbocycles. The standard InChI is InChI=1S/C31H30N2O2/c1-17(2)11-25-18(3)22-14-27-23(15-26(22)34-25)28-29(32-16-33-30(28)35-27)20-12-19-9-7-8-10-21(19)24(13-20)31(4,5)6/h7-10,12-17H,11H2,1-6H3. The molecule has 3 aromatic carbocycles. The Labute approximate surface area is 205 Å². The third-order valence-corrected chi connectivity index (χ3v) is 6.96. The van der Waals surface area contributed by atoms with Crippen LogP contribution < -0.4 is 0 Å². The highest BCUT2D eigenvalue weighted by Crippen LogP contribution is 2.40. The van der Waals surface area contributed by atoms with E-state index in [0.717, 1.165) is 50.8 Å². The van der Waals surface area contributed by atoms with E-state index in [2.05, 4.69) is 95.1 Å². The average Bonchev–Trinajstić information content (AvgIpc) is 3.32. The summed E-state index contributed by atoms with van der Waals surface area (Å²) in [4.78, 5) is 9.25. The SMILES string of the molecule is Cc1c(CC(C)C)oc2cc3c(cc12)oc1ncnc(-c2cc(C(C)(C)C)c4ccccc4c2)c13. The van der Waals surface area contributed by atoms with E-state index in [4.69, 9.17) is 13.8 Å². The first-order valence-electron chi connectivity index (χ1n) is 12.3. The molecule has 0 unspecified atom stereocenters. The number of benzene rings is 3. The van der Waals surface area contributed by atoms with Crippen molar-refractivity contribution in [1.82, 2.24) is 9.97 Å². The fourth-order valence-corrected chi connectivity index (χ4v) is 5.22. The molecule has 0 aliphatic heterocycles. The van der Waals surface area contributed by atoms with Crippen molar-refractivity contribution in [2.45, 2.75) is 53.4 Å². The van der Waals surface area contributed by atoms with E-state index in [-0.39, 0.29) is 5.41 Å². The molecule has 0 fully saturated rings. The minimum Gasteiger partial charge on any atom is -0.461 e. The Hall–Kier alpha value is -3.66. The first-order valence-corrected chi connectivity index (χ1v) is 12.3. The summed E-state index contributed by atoms with van der Waals surface area (Å²) in [6, 6.07) is 17.3. The van der Waals surface area contributed by atoms with Gasteiger partial charge < -0.3 is 8.83 Å². The highest BCUT2D eigenvalue weighted by Gasteiger charge is 2.22. The summed E-state index contributed by atoms with van der Waals surface area (Å²) in [7, 11) is 0. The highest BCUT2D eigenvalue weighted by molar-refractivity contribution is 6.14. The molecule has 0 radical (unpaired) electrons. The van der Waals surface area contributed by atoms with E-state index >= 15 is 0 Å². The Kier molecular flexibility index (Phi) is 4.79. The van der Waals surface area contributed by atoms with Gasteiger partial charge in [0.25, 0.3) is 0 Å². The smallest absolute Gasteiger partial charge is 0.230 e. The van der Waals surface area contributed by atoms with Crippen molar-refractivity contribution >= 4 is 43.8 Å². The van der Waals surface area contributed by atoms with Crippen molar-refractivity contribution in [2.75, 3.05) is 0 Å². The fraction of sp³-hybridized carbons (Fsp3) is 0.290. The maximum Gasteiger partial charge on any atom is 0.230 e. The Balaban J connectivity index is 1.64. The van der Waals surface area contributed by atoms with Gasteiger partial charge in [-0.2, -0.15) is 0 Å². The molecule has 176 valence electrons. The number of hydrogen-bond donors (Lipinski definition) is 0. The van der Waals surface area contributed by atoms with Crippen LogP contribution in [-0.4, -0.2) is 9.97 Å². The molecular formula is C31H30N2O2. The number of hydrogen-bond acceptors (Lipinski definition) is 4. The summed E-state index contributed by atoms with van der Waals surface area (Å²) >= 11 is 0. The fourth-order valence-electron chi connectivity index (χ4n) is 5.22. The first-order chi connectivity index (χ1) is 16.7. The second-order valence-corrected chi connectivity index (χ2v) is 11.1. The second-order valence-electron chi connectivity index (χ2n) is 11.1. The Morgan fingerprint density at radius 3 is 2.37 bits per heavy atom. The molecule has 0 aliphatic rings. The van der Waals surface area contributed by atoms with Crippen LogP contribution in [0, 0.1) is 12.8 Å². The lowest BCUT2D eigenvalue weighted by Crippen LogP contribution is -2.12. The van der Waals surface area contributed by atoms with Gasteiger partial charge in [0.2, 0.25) is 5.71 Å². The van der Waals surface area contributed by atoms with Crippen LogP contribution in [0.2, 0.25) is 0 Å². The van der Waals surface area contributed by atoms with E-state index < -0.39 is 0 Å². The zero-order chi connectivity index (χ0) is 24.5. The molecule has 35 heavy (non-hydrogen) atoms. The van der Waals surface area contributed by atoms with Crippen LogP contribution in [0.5, 0.6) is 0 Å².